The van der Waals surface area contributed by atoms with Crippen molar-refractivity contribution in [1.29, 1.82) is 0 Å². The van der Waals surface area contributed by atoms with E-state index in [4.69, 9.17) is 4.74 Å². The first-order valence-electron chi connectivity index (χ1n) is 6.13. The van der Waals surface area contributed by atoms with Gasteiger partial charge in [-0.3, -0.25) is 0 Å². The Morgan fingerprint density at radius 3 is 3.18 bits per heavy atom. The van der Waals surface area contributed by atoms with Gasteiger partial charge < -0.3 is 14.2 Å². The summed E-state index contributed by atoms with van der Waals surface area (Å²) in [5.74, 6) is 0. The largest absolute Gasteiger partial charge is 0.449 e. The number of fused-ring (bicyclic) bond motifs is 1. The number of nitrogens with zero attached hydrogens (tertiary/aromatic N) is 3. The van der Waals surface area contributed by atoms with Crippen molar-refractivity contribution in [3.8, 4) is 0 Å². The molecule has 0 saturated heterocycles. The Hall–Kier alpha value is -1.52. The zero-order valence-corrected chi connectivity index (χ0v) is 10.5. The molecule has 0 unspecified atom stereocenters. The Kier molecular flexibility index (Phi) is 3.66. The Morgan fingerprint density at radius 1 is 1.59 bits per heavy atom. The second kappa shape index (κ2) is 5.21. The highest BCUT2D eigenvalue weighted by molar-refractivity contribution is 5.68. The van der Waals surface area contributed by atoms with E-state index < -0.39 is 0 Å². The molecule has 1 aliphatic rings. The number of unbranched alkanes of at least 4 members (excludes halogenated alkanes) is 1. The summed E-state index contributed by atoms with van der Waals surface area (Å²) in [5, 5.41) is 0. The molecule has 0 atom stereocenters. The molecule has 5 nitrogen and oxygen atoms in total. The first-order valence-corrected chi connectivity index (χ1v) is 6.13. The smallest absolute Gasteiger partial charge is 0.410 e. The van der Waals surface area contributed by atoms with Crippen LogP contribution < -0.4 is 0 Å². The predicted molar refractivity (Wildman–Crippen MR) is 63.6 cm³/mol. The average molecular weight is 237 g/mol. The molecule has 94 valence electrons. The normalized spacial score (nSPS) is 14.6. The summed E-state index contributed by atoms with van der Waals surface area (Å²) < 4.78 is 7.18. The first-order chi connectivity index (χ1) is 8.22. The van der Waals surface area contributed by atoms with Gasteiger partial charge in [0.2, 0.25) is 0 Å². The maximum Gasteiger partial charge on any atom is 0.410 e. The van der Waals surface area contributed by atoms with Crippen molar-refractivity contribution < 1.29 is 9.53 Å². The van der Waals surface area contributed by atoms with E-state index in [0.29, 0.717) is 19.7 Å². The quantitative estimate of drug-likeness (QED) is 0.752. The van der Waals surface area contributed by atoms with Gasteiger partial charge in [-0.25, -0.2) is 9.78 Å². The van der Waals surface area contributed by atoms with Crippen molar-refractivity contribution in [3.63, 3.8) is 0 Å². The van der Waals surface area contributed by atoms with E-state index in [1.807, 2.05) is 11.6 Å². The van der Waals surface area contributed by atoms with Crippen LogP contribution in [0.4, 0.5) is 4.79 Å². The molecule has 1 amide bonds. The molecular weight excluding hydrogens is 218 g/mol. The Balaban J connectivity index is 1.92. The van der Waals surface area contributed by atoms with Gasteiger partial charge in [-0.1, -0.05) is 13.3 Å². The van der Waals surface area contributed by atoms with E-state index in [1.165, 1.54) is 0 Å². The molecule has 1 aromatic heterocycles. The number of aromatic nitrogens is 2. The van der Waals surface area contributed by atoms with Crippen LogP contribution in [0.5, 0.6) is 0 Å². The number of amides is 1. The molecule has 5 heteroatoms. The lowest BCUT2D eigenvalue weighted by Gasteiger charge is -2.26. The number of hydrogen-bond acceptors (Lipinski definition) is 3. The number of aryl methyl sites for hydroxylation is 1. The van der Waals surface area contributed by atoms with Gasteiger partial charge in [-0.05, 0) is 6.42 Å². The maximum absolute atomic E-state index is 11.8. The van der Waals surface area contributed by atoms with Crippen molar-refractivity contribution in [2.45, 2.75) is 32.7 Å². The van der Waals surface area contributed by atoms with Gasteiger partial charge in [0.25, 0.3) is 0 Å². The molecule has 1 aromatic rings. The zero-order valence-electron chi connectivity index (χ0n) is 10.5. The van der Waals surface area contributed by atoms with E-state index in [0.717, 1.165) is 30.7 Å². The standard InChI is InChI=1S/C12H19N3O2/c1-3-4-7-17-12(16)15-6-5-10-11(8-15)14(2)9-13-10/h9H,3-8H2,1-2H3. The molecule has 0 N–H and O–H groups in total. The molecule has 1 aliphatic heterocycles. The summed E-state index contributed by atoms with van der Waals surface area (Å²) in [7, 11) is 1.96. The molecule has 2 heterocycles. The molecular formula is C12H19N3O2. The average Bonchev–Trinajstić information content (AvgIpc) is 2.71. The fraction of sp³-hybridized carbons (Fsp3) is 0.667. The van der Waals surface area contributed by atoms with E-state index in [1.54, 1.807) is 11.2 Å². The molecule has 0 saturated carbocycles. The van der Waals surface area contributed by atoms with Crippen LogP contribution in [-0.2, 0) is 24.8 Å². The highest BCUT2D eigenvalue weighted by Crippen LogP contribution is 2.17. The third-order valence-electron chi connectivity index (χ3n) is 3.09. The topological polar surface area (TPSA) is 47.4 Å². The Morgan fingerprint density at radius 2 is 2.41 bits per heavy atom. The summed E-state index contributed by atoms with van der Waals surface area (Å²) in [5.41, 5.74) is 2.22. The maximum atomic E-state index is 11.8. The lowest BCUT2D eigenvalue weighted by molar-refractivity contribution is 0.0956. The summed E-state index contributed by atoms with van der Waals surface area (Å²) in [6.07, 6.45) is 4.39. The minimum atomic E-state index is -0.203. The molecule has 17 heavy (non-hydrogen) atoms. The van der Waals surface area contributed by atoms with Gasteiger partial charge in [0.15, 0.2) is 0 Å². The lowest BCUT2D eigenvalue weighted by Crippen LogP contribution is -2.37. The van der Waals surface area contributed by atoms with Gasteiger partial charge in [0, 0.05) is 20.0 Å². The molecule has 0 aromatic carbocycles. The number of carbonyl (C=O) groups is 1. The van der Waals surface area contributed by atoms with Crippen molar-refractivity contribution in [2.24, 2.45) is 7.05 Å². The van der Waals surface area contributed by atoms with Gasteiger partial charge >= 0.3 is 6.09 Å². The first kappa shape index (κ1) is 12.0. The molecule has 2 rings (SSSR count). The highest BCUT2D eigenvalue weighted by atomic mass is 16.6. The van der Waals surface area contributed by atoms with Crippen molar-refractivity contribution in [2.75, 3.05) is 13.2 Å². The van der Waals surface area contributed by atoms with Crippen LogP contribution in [-0.4, -0.2) is 33.7 Å². The summed E-state index contributed by atoms with van der Waals surface area (Å²) in [6, 6.07) is 0. The fourth-order valence-corrected chi connectivity index (χ4v) is 1.97. The molecule has 0 fully saturated rings. The second-order valence-corrected chi connectivity index (χ2v) is 4.39. The molecule has 0 bridgehead atoms. The number of imidazole rings is 1. The number of rotatable bonds is 3. The van der Waals surface area contributed by atoms with Crippen LogP contribution in [0, 0.1) is 0 Å². The lowest BCUT2D eigenvalue weighted by atomic mass is 10.1. The minimum absolute atomic E-state index is 0.203. The SMILES string of the molecule is CCCCOC(=O)N1CCc2ncn(C)c2C1. The van der Waals surface area contributed by atoms with Crippen LogP contribution in [0.1, 0.15) is 31.2 Å². The predicted octanol–water partition coefficient (Wildman–Crippen LogP) is 1.71. The molecule has 0 radical (unpaired) electrons. The third kappa shape index (κ3) is 2.60. The van der Waals surface area contributed by atoms with Crippen molar-refractivity contribution in [3.05, 3.63) is 17.7 Å². The van der Waals surface area contributed by atoms with Crippen LogP contribution in [0.15, 0.2) is 6.33 Å². The van der Waals surface area contributed by atoms with Crippen LogP contribution in [0.3, 0.4) is 0 Å². The van der Waals surface area contributed by atoms with Gasteiger partial charge in [0.05, 0.1) is 30.9 Å². The van der Waals surface area contributed by atoms with Crippen LogP contribution in [0.2, 0.25) is 0 Å². The number of carbonyl (C=O) groups excluding carboxylic acids is 1. The van der Waals surface area contributed by atoms with E-state index >= 15 is 0 Å². The summed E-state index contributed by atoms with van der Waals surface area (Å²) in [4.78, 5) is 17.8. The van der Waals surface area contributed by atoms with Crippen LogP contribution >= 0.6 is 0 Å². The Labute approximate surface area is 101 Å². The summed E-state index contributed by atoms with van der Waals surface area (Å²) >= 11 is 0. The van der Waals surface area contributed by atoms with Gasteiger partial charge in [-0.2, -0.15) is 0 Å². The molecule has 0 spiro atoms. The minimum Gasteiger partial charge on any atom is -0.449 e. The number of hydrogen-bond donors (Lipinski definition) is 0. The van der Waals surface area contributed by atoms with E-state index in [2.05, 4.69) is 11.9 Å². The fourth-order valence-electron chi connectivity index (χ4n) is 1.97. The van der Waals surface area contributed by atoms with Crippen molar-refractivity contribution >= 4 is 6.09 Å². The van der Waals surface area contributed by atoms with Gasteiger partial charge in [-0.15, -0.1) is 0 Å². The van der Waals surface area contributed by atoms with Gasteiger partial charge in [0.1, 0.15) is 0 Å². The monoisotopic (exact) mass is 237 g/mol. The van der Waals surface area contributed by atoms with E-state index in [-0.39, 0.29) is 6.09 Å². The number of ether oxygens (including phenoxy) is 1. The zero-order chi connectivity index (χ0) is 12.3. The third-order valence-corrected chi connectivity index (χ3v) is 3.09. The van der Waals surface area contributed by atoms with Crippen molar-refractivity contribution in [1.82, 2.24) is 14.5 Å². The molecule has 0 aliphatic carbocycles. The highest BCUT2D eigenvalue weighted by Gasteiger charge is 2.24. The Bertz CT molecular complexity index is 400. The summed E-state index contributed by atoms with van der Waals surface area (Å²) in [6.45, 7) is 3.91. The second-order valence-electron chi connectivity index (χ2n) is 4.39. The van der Waals surface area contributed by atoms with E-state index in [9.17, 15) is 4.79 Å². The van der Waals surface area contributed by atoms with Crippen LogP contribution in [0.25, 0.3) is 0 Å².